The second-order valence-corrected chi connectivity index (χ2v) is 7.50. The molecule has 0 spiro atoms. The highest BCUT2D eigenvalue weighted by molar-refractivity contribution is 7.99. The van der Waals surface area contributed by atoms with E-state index in [4.69, 9.17) is 0 Å². The lowest BCUT2D eigenvalue weighted by molar-refractivity contribution is 0.180. The molecule has 0 bridgehead atoms. The lowest BCUT2D eigenvalue weighted by Gasteiger charge is -2.28. The fourth-order valence-electron chi connectivity index (χ4n) is 2.96. The standard InChI is InChI=1S/C16H28N4OS/c1-11(10-15-13(3)18-19(5)14(15)4)17-16(21)20-7-9-22-8-6-12(20)2/h11-12H,6-10H2,1-5H3,(H,17,21)/t11-,12-/m1/s1. The summed E-state index contributed by atoms with van der Waals surface area (Å²) < 4.78 is 1.91. The monoisotopic (exact) mass is 324 g/mol. The first-order valence-electron chi connectivity index (χ1n) is 8.04. The van der Waals surface area contributed by atoms with Gasteiger partial charge in [0.1, 0.15) is 0 Å². The molecule has 0 aliphatic carbocycles. The van der Waals surface area contributed by atoms with Gasteiger partial charge in [-0.3, -0.25) is 4.68 Å². The fraction of sp³-hybridized carbons (Fsp3) is 0.750. The smallest absolute Gasteiger partial charge is 0.317 e. The number of aryl methyl sites for hydroxylation is 2. The van der Waals surface area contributed by atoms with Crippen LogP contribution in [0.4, 0.5) is 4.79 Å². The molecule has 2 amide bonds. The molecule has 1 fully saturated rings. The quantitative estimate of drug-likeness (QED) is 0.929. The molecule has 0 saturated carbocycles. The minimum Gasteiger partial charge on any atom is -0.335 e. The van der Waals surface area contributed by atoms with Gasteiger partial charge in [0.25, 0.3) is 0 Å². The molecule has 5 nitrogen and oxygen atoms in total. The van der Waals surface area contributed by atoms with Crippen LogP contribution in [0.5, 0.6) is 0 Å². The Morgan fingerprint density at radius 1 is 1.45 bits per heavy atom. The van der Waals surface area contributed by atoms with Crippen molar-refractivity contribution in [1.82, 2.24) is 20.0 Å². The van der Waals surface area contributed by atoms with Crippen LogP contribution in [0.3, 0.4) is 0 Å². The van der Waals surface area contributed by atoms with E-state index in [1.165, 1.54) is 11.3 Å². The zero-order valence-electron chi connectivity index (χ0n) is 14.3. The molecule has 2 rings (SSSR count). The Morgan fingerprint density at radius 2 is 2.18 bits per heavy atom. The maximum atomic E-state index is 12.5. The number of rotatable bonds is 3. The van der Waals surface area contributed by atoms with Crippen LogP contribution in [-0.2, 0) is 13.5 Å². The van der Waals surface area contributed by atoms with E-state index in [9.17, 15) is 4.79 Å². The molecule has 1 aromatic rings. The summed E-state index contributed by atoms with van der Waals surface area (Å²) in [6, 6.07) is 0.503. The number of nitrogens with one attached hydrogen (secondary N) is 1. The minimum absolute atomic E-state index is 0.0710. The summed E-state index contributed by atoms with van der Waals surface area (Å²) in [4.78, 5) is 14.5. The van der Waals surface area contributed by atoms with E-state index in [2.05, 4.69) is 31.2 Å². The van der Waals surface area contributed by atoms with Gasteiger partial charge < -0.3 is 10.2 Å². The van der Waals surface area contributed by atoms with Gasteiger partial charge in [0.15, 0.2) is 0 Å². The summed E-state index contributed by atoms with van der Waals surface area (Å²) >= 11 is 1.94. The molecule has 1 aliphatic rings. The van der Waals surface area contributed by atoms with Crippen LogP contribution in [0.2, 0.25) is 0 Å². The Morgan fingerprint density at radius 3 is 2.82 bits per heavy atom. The maximum Gasteiger partial charge on any atom is 0.317 e. The number of amides is 2. The molecule has 22 heavy (non-hydrogen) atoms. The summed E-state index contributed by atoms with van der Waals surface area (Å²) in [5.74, 6) is 2.18. The molecule has 0 unspecified atom stereocenters. The van der Waals surface area contributed by atoms with Crippen molar-refractivity contribution in [3.8, 4) is 0 Å². The molecule has 1 saturated heterocycles. The molecule has 2 atom stereocenters. The van der Waals surface area contributed by atoms with Gasteiger partial charge >= 0.3 is 6.03 Å². The number of carbonyl (C=O) groups is 1. The van der Waals surface area contributed by atoms with Crippen molar-refractivity contribution < 1.29 is 4.79 Å². The van der Waals surface area contributed by atoms with Crippen LogP contribution < -0.4 is 5.32 Å². The number of urea groups is 1. The lowest BCUT2D eigenvalue weighted by atomic mass is 10.1. The molecule has 2 heterocycles. The molecule has 0 aromatic carbocycles. The van der Waals surface area contributed by atoms with Crippen LogP contribution in [0, 0.1) is 13.8 Å². The Bertz CT molecular complexity index is 528. The lowest BCUT2D eigenvalue weighted by Crippen LogP contribution is -2.48. The van der Waals surface area contributed by atoms with Crippen LogP contribution >= 0.6 is 11.8 Å². The van der Waals surface area contributed by atoms with Crippen LogP contribution in [0.1, 0.15) is 37.2 Å². The van der Waals surface area contributed by atoms with Crippen molar-refractivity contribution in [3.63, 3.8) is 0 Å². The van der Waals surface area contributed by atoms with Crippen molar-refractivity contribution in [2.45, 2.75) is 52.6 Å². The van der Waals surface area contributed by atoms with Gasteiger partial charge in [-0.1, -0.05) is 0 Å². The first kappa shape index (κ1) is 17.2. The molecule has 124 valence electrons. The SMILES string of the molecule is Cc1nn(C)c(C)c1C[C@@H](C)NC(=O)N1CCSCC[C@H]1C. The third kappa shape index (κ3) is 3.97. The molecule has 6 heteroatoms. The predicted molar refractivity (Wildman–Crippen MR) is 92.5 cm³/mol. The normalized spacial score (nSPS) is 20.6. The van der Waals surface area contributed by atoms with E-state index in [0.29, 0.717) is 6.04 Å². The van der Waals surface area contributed by atoms with Gasteiger partial charge in [-0.05, 0) is 51.9 Å². The van der Waals surface area contributed by atoms with Crippen LogP contribution in [0.25, 0.3) is 0 Å². The van der Waals surface area contributed by atoms with Gasteiger partial charge in [-0.25, -0.2) is 4.79 Å². The van der Waals surface area contributed by atoms with E-state index in [0.717, 1.165) is 36.6 Å². The van der Waals surface area contributed by atoms with Crippen LogP contribution in [0.15, 0.2) is 0 Å². The topological polar surface area (TPSA) is 50.2 Å². The van der Waals surface area contributed by atoms with Crippen molar-refractivity contribution >= 4 is 17.8 Å². The summed E-state index contributed by atoms with van der Waals surface area (Å²) in [5, 5.41) is 7.61. The largest absolute Gasteiger partial charge is 0.335 e. The molecule has 0 radical (unpaired) electrons. The van der Waals surface area contributed by atoms with Crippen molar-refractivity contribution in [2.24, 2.45) is 7.05 Å². The molecular formula is C16H28N4OS. The van der Waals surface area contributed by atoms with E-state index in [1.807, 2.05) is 35.3 Å². The van der Waals surface area contributed by atoms with Crippen molar-refractivity contribution in [2.75, 3.05) is 18.1 Å². The Hall–Kier alpha value is -1.17. The summed E-state index contributed by atoms with van der Waals surface area (Å²) in [6.45, 7) is 9.17. The average molecular weight is 324 g/mol. The van der Waals surface area contributed by atoms with Gasteiger partial charge in [-0.15, -0.1) is 0 Å². The summed E-state index contributed by atoms with van der Waals surface area (Å²) in [5.41, 5.74) is 3.48. The van der Waals surface area contributed by atoms with Crippen LogP contribution in [-0.4, -0.2) is 50.8 Å². The Balaban J connectivity index is 1.96. The molecule has 1 aliphatic heterocycles. The highest BCUT2D eigenvalue weighted by Gasteiger charge is 2.23. The van der Waals surface area contributed by atoms with Gasteiger partial charge in [-0.2, -0.15) is 16.9 Å². The van der Waals surface area contributed by atoms with Crippen molar-refractivity contribution in [1.29, 1.82) is 0 Å². The zero-order chi connectivity index (χ0) is 16.3. The second kappa shape index (κ2) is 7.40. The van der Waals surface area contributed by atoms with E-state index in [1.54, 1.807) is 0 Å². The molecular weight excluding hydrogens is 296 g/mol. The van der Waals surface area contributed by atoms with Gasteiger partial charge in [0.05, 0.1) is 5.69 Å². The number of hydrogen-bond acceptors (Lipinski definition) is 3. The third-order valence-electron chi connectivity index (χ3n) is 4.49. The van der Waals surface area contributed by atoms with Gasteiger partial charge in [0, 0.05) is 37.1 Å². The highest BCUT2D eigenvalue weighted by Crippen LogP contribution is 2.17. The van der Waals surface area contributed by atoms with Crippen molar-refractivity contribution in [3.05, 3.63) is 17.0 Å². The third-order valence-corrected chi connectivity index (χ3v) is 5.48. The van der Waals surface area contributed by atoms with E-state index in [-0.39, 0.29) is 12.1 Å². The average Bonchev–Trinajstić information content (AvgIpc) is 2.64. The van der Waals surface area contributed by atoms with Gasteiger partial charge in [0.2, 0.25) is 0 Å². The number of thioether (sulfide) groups is 1. The fourth-order valence-corrected chi connectivity index (χ4v) is 4.00. The number of aromatic nitrogens is 2. The maximum absolute atomic E-state index is 12.5. The van der Waals surface area contributed by atoms with E-state index >= 15 is 0 Å². The minimum atomic E-state index is 0.0710. The number of nitrogens with zero attached hydrogens (tertiary/aromatic N) is 3. The predicted octanol–water partition coefficient (Wildman–Crippen LogP) is 2.50. The molecule has 1 aromatic heterocycles. The molecule has 1 N–H and O–H groups in total. The van der Waals surface area contributed by atoms with E-state index < -0.39 is 0 Å². The highest BCUT2D eigenvalue weighted by atomic mass is 32.2. The second-order valence-electron chi connectivity index (χ2n) is 6.27. The Kier molecular flexibility index (Phi) is 5.78. The summed E-state index contributed by atoms with van der Waals surface area (Å²) in [6.07, 6.45) is 1.90. The Labute approximate surface area is 137 Å². The first-order valence-corrected chi connectivity index (χ1v) is 9.19. The number of carbonyl (C=O) groups excluding carboxylic acids is 1. The number of hydrogen-bond donors (Lipinski definition) is 1. The first-order chi connectivity index (χ1) is 10.4. The zero-order valence-corrected chi connectivity index (χ0v) is 15.2. The summed E-state index contributed by atoms with van der Waals surface area (Å²) in [7, 11) is 1.96.